The van der Waals surface area contributed by atoms with Crippen molar-refractivity contribution in [2.45, 2.75) is 6.42 Å². The first-order chi connectivity index (χ1) is 8.61. The van der Waals surface area contributed by atoms with Gasteiger partial charge in [0, 0.05) is 12.2 Å². The lowest BCUT2D eigenvalue weighted by Crippen LogP contribution is -2.28. The zero-order valence-electron chi connectivity index (χ0n) is 9.98. The van der Waals surface area contributed by atoms with Crippen LogP contribution in [-0.4, -0.2) is 30.1 Å². The first-order valence-electron chi connectivity index (χ1n) is 5.54. The van der Waals surface area contributed by atoms with Crippen LogP contribution in [0.5, 0.6) is 0 Å². The molecule has 0 spiro atoms. The van der Waals surface area contributed by atoms with Crippen LogP contribution in [0.3, 0.4) is 0 Å². The molecule has 0 saturated heterocycles. The van der Waals surface area contributed by atoms with Crippen molar-refractivity contribution in [2.75, 3.05) is 18.4 Å². The van der Waals surface area contributed by atoms with E-state index in [0.29, 0.717) is 17.8 Å². The molecule has 5 nitrogen and oxygen atoms in total. The molecule has 96 valence electrons. The Bertz CT molecular complexity index is 444. The Morgan fingerprint density at radius 2 is 2.17 bits per heavy atom. The normalized spacial score (nSPS) is 9.78. The number of carbonyl (C=O) groups excluding carboxylic acids is 1. The number of carboxylic acid groups (broad SMARTS) is 1. The summed E-state index contributed by atoms with van der Waals surface area (Å²) in [6.07, 6.45) is 1.61. The molecule has 1 rings (SSSR count). The van der Waals surface area contributed by atoms with Crippen LogP contribution in [0, 0.1) is 0 Å². The number of amides is 1. The molecule has 3 N–H and O–H groups in total. The minimum absolute atomic E-state index is 0.0571. The van der Waals surface area contributed by atoms with Gasteiger partial charge in [0.1, 0.15) is 0 Å². The molecule has 1 aromatic carbocycles. The summed E-state index contributed by atoms with van der Waals surface area (Å²) in [7, 11) is 0. The lowest BCUT2D eigenvalue weighted by molar-refractivity contribution is -0.136. The van der Waals surface area contributed by atoms with E-state index in [1.54, 1.807) is 30.3 Å². The Kier molecular flexibility index (Phi) is 5.60. The van der Waals surface area contributed by atoms with E-state index in [4.69, 9.17) is 5.11 Å². The minimum atomic E-state index is -0.897. The molecule has 1 aromatic rings. The molecule has 0 saturated carbocycles. The monoisotopic (exact) mass is 248 g/mol. The Balaban J connectivity index is 2.53. The third kappa shape index (κ3) is 5.27. The molecule has 0 fully saturated rings. The van der Waals surface area contributed by atoms with Gasteiger partial charge in [-0.05, 0) is 17.7 Å². The fraction of sp³-hybridized carbons (Fsp3) is 0.231. The van der Waals surface area contributed by atoms with Crippen LogP contribution in [0.25, 0.3) is 0 Å². The van der Waals surface area contributed by atoms with E-state index in [1.165, 1.54) is 0 Å². The van der Waals surface area contributed by atoms with Crippen LogP contribution >= 0.6 is 0 Å². The summed E-state index contributed by atoms with van der Waals surface area (Å²) in [5, 5.41) is 14.2. The molecule has 0 aliphatic heterocycles. The van der Waals surface area contributed by atoms with Gasteiger partial charge in [0.15, 0.2) is 0 Å². The fourth-order valence-electron chi connectivity index (χ4n) is 1.43. The van der Waals surface area contributed by atoms with Gasteiger partial charge in [0.05, 0.1) is 13.0 Å². The van der Waals surface area contributed by atoms with Crippen molar-refractivity contribution < 1.29 is 14.7 Å². The summed E-state index contributed by atoms with van der Waals surface area (Å²) in [5.74, 6) is -1.07. The number of hydrogen-bond acceptors (Lipinski definition) is 3. The Hall–Kier alpha value is -2.14. The highest BCUT2D eigenvalue weighted by atomic mass is 16.4. The molecule has 0 aliphatic carbocycles. The van der Waals surface area contributed by atoms with Gasteiger partial charge >= 0.3 is 5.97 Å². The van der Waals surface area contributed by atoms with E-state index in [0.717, 1.165) is 0 Å². The van der Waals surface area contributed by atoms with Crippen LogP contribution in [0.15, 0.2) is 36.9 Å². The summed E-state index contributed by atoms with van der Waals surface area (Å²) in [6.45, 7) is 4.28. The second kappa shape index (κ2) is 7.24. The third-order valence-electron chi connectivity index (χ3n) is 2.14. The predicted octanol–water partition coefficient (Wildman–Crippen LogP) is 1.03. The van der Waals surface area contributed by atoms with Gasteiger partial charge in [0.2, 0.25) is 5.91 Å². The van der Waals surface area contributed by atoms with Crippen molar-refractivity contribution in [3.63, 3.8) is 0 Å². The van der Waals surface area contributed by atoms with Gasteiger partial charge in [-0.3, -0.25) is 9.59 Å². The number of nitrogens with one attached hydrogen (secondary N) is 2. The highest BCUT2D eigenvalue weighted by molar-refractivity contribution is 5.92. The Morgan fingerprint density at radius 3 is 2.83 bits per heavy atom. The minimum Gasteiger partial charge on any atom is -0.481 e. The van der Waals surface area contributed by atoms with Crippen LogP contribution < -0.4 is 10.6 Å². The Morgan fingerprint density at radius 1 is 1.39 bits per heavy atom. The highest BCUT2D eigenvalue weighted by Gasteiger charge is 2.04. The van der Waals surface area contributed by atoms with Crippen LogP contribution in [0.4, 0.5) is 5.69 Å². The molecule has 5 heteroatoms. The molecule has 0 aliphatic rings. The van der Waals surface area contributed by atoms with Crippen molar-refractivity contribution >= 4 is 17.6 Å². The number of benzene rings is 1. The van der Waals surface area contributed by atoms with Crippen molar-refractivity contribution in [1.29, 1.82) is 0 Å². The maximum Gasteiger partial charge on any atom is 0.307 e. The van der Waals surface area contributed by atoms with E-state index in [1.807, 2.05) is 0 Å². The summed E-state index contributed by atoms with van der Waals surface area (Å²) < 4.78 is 0. The van der Waals surface area contributed by atoms with Crippen molar-refractivity contribution in [1.82, 2.24) is 5.32 Å². The lowest BCUT2D eigenvalue weighted by Gasteiger charge is -2.06. The van der Waals surface area contributed by atoms with Gasteiger partial charge in [-0.25, -0.2) is 0 Å². The SMILES string of the molecule is C=CCNCC(=O)Nc1cccc(CC(=O)O)c1. The topological polar surface area (TPSA) is 78.4 Å². The standard InChI is InChI=1S/C13H16N2O3/c1-2-6-14-9-12(16)15-11-5-3-4-10(7-11)8-13(17)18/h2-5,7,14H,1,6,8-9H2,(H,15,16)(H,17,18). The smallest absolute Gasteiger partial charge is 0.307 e. The van der Waals surface area contributed by atoms with E-state index < -0.39 is 5.97 Å². The number of hydrogen-bond donors (Lipinski definition) is 3. The molecule has 0 unspecified atom stereocenters. The average Bonchev–Trinajstić information content (AvgIpc) is 2.28. The molecule has 1 amide bonds. The number of aliphatic carboxylic acids is 1. The van der Waals surface area contributed by atoms with Crippen LogP contribution in [-0.2, 0) is 16.0 Å². The molecule has 0 aromatic heterocycles. The summed E-state index contributed by atoms with van der Waals surface area (Å²) in [4.78, 5) is 22.1. The van der Waals surface area contributed by atoms with Gasteiger partial charge in [0.25, 0.3) is 0 Å². The Labute approximate surface area is 106 Å². The maximum absolute atomic E-state index is 11.5. The van der Waals surface area contributed by atoms with E-state index >= 15 is 0 Å². The van der Waals surface area contributed by atoms with Crippen LogP contribution in [0.2, 0.25) is 0 Å². The molecule has 0 bridgehead atoms. The van der Waals surface area contributed by atoms with Crippen molar-refractivity contribution in [3.8, 4) is 0 Å². The maximum atomic E-state index is 11.5. The first kappa shape index (κ1) is 13.9. The number of rotatable bonds is 7. The second-order valence-corrected chi connectivity index (χ2v) is 3.74. The summed E-state index contributed by atoms with van der Waals surface area (Å²) in [5.41, 5.74) is 1.25. The van der Waals surface area contributed by atoms with Gasteiger partial charge in [-0.1, -0.05) is 18.2 Å². The molecular formula is C13H16N2O3. The fourth-order valence-corrected chi connectivity index (χ4v) is 1.43. The molecule has 0 atom stereocenters. The van der Waals surface area contributed by atoms with E-state index in [2.05, 4.69) is 17.2 Å². The van der Waals surface area contributed by atoms with Crippen molar-refractivity contribution in [2.24, 2.45) is 0 Å². The summed E-state index contributed by atoms with van der Waals surface area (Å²) >= 11 is 0. The number of anilines is 1. The van der Waals surface area contributed by atoms with Gasteiger partial charge in [-0.15, -0.1) is 6.58 Å². The average molecular weight is 248 g/mol. The number of carbonyl (C=O) groups is 2. The van der Waals surface area contributed by atoms with E-state index in [-0.39, 0.29) is 18.9 Å². The quantitative estimate of drug-likeness (QED) is 0.497. The molecule has 0 heterocycles. The van der Waals surface area contributed by atoms with Crippen molar-refractivity contribution in [3.05, 3.63) is 42.5 Å². The summed E-state index contributed by atoms with van der Waals surface area (Å²) in [6, 6.07) is 6.79. The van der Waals surface area contributed by atoms with Gasteiger partial charge in [-0.2, -0.15) is 0 Å². The largest absolute Gasteiger partial charge is 0.481 e. The first-order valence-corrected chi connectivity index (χ1v) is 5.54. The lowest BCUT2D eigenvalue weighted by atomic mass is 10.1. The second-order valence-electron chi connectivity index (χ2n) is 3.74. The highest BCUT2D eigenvalue weighted by Crippen LogP contribution is 2.11. The zero-order valence-corrected chi connectivity index (χ0v) is 9.98. The van der Waals surface area contributed by atoms with E-state index in [9.17, 15) is 9.59 Å². The van der Waals surface area contributed by atoms with Gasteiger partial charge < -0.3 is 15.7 Å². The third-order valence-corrected chi connectivity index (χ3v) is 2.14. The molecule has 0 radical (unpaired) electrons. The molecule has 18 heavy (non-hydrogen) atoms. The molecular weight excluding hydrogens is 232 g/mol. The van der Waals surface area contributed by atoms with Crippen LogP contribution in [0.1, 0.15) is 5.56 Å². The zero-order chi connectivity index (χ0) is 13.4. The predicted molar refractivity (Wildman–Crippen MR) is 69.5 cm³/mol. The number of carboxylic acids is 1.